The topological polar surface area (TPSA) is 79.0 Å². The lowest BCUT2D eigenvalue weighted by Crippen LogP contribution is -2.45. The van der Waals surface area contributed by atoms with Crippen LogP contribution in [0.4, 0.5) is 5.69 Å². The highest BCUT2D eigenvalue weighted by Crippen LogP contribution is 2.28. The number of piperidine rings is 1. The van der Waals surface area contributed by atoms with E-state index >= 15 is 0 Å². The predicted molar refractivity (Wildman–Crippen MR) is 115 cm³/mol. The monoisotopic (exact) mass is 415 g/mol. The first kappa shape index (κ1) is 22.3. The minimum absolute atomic E-state index is 0.00137. The molecule has 1 aromatic carbocycles. The van der Waals surface area contributed by atoms with Crippen LogP contribution in [0.5, 0.6) is 0 Å². The van der Waals surface area contributed by atoms with Crippen molar-refractivity contribution in [3.63, 3.8) is 0 Å². The summed E-state index contributed by atoms with van der Waals surface area (Å²) >= 11 is 0. The molecule has 1 aromatic rings. The summed E-state index contributed by atoms with van der Waals surface area (Å²) in [5, 5.41) is 2.97. The van der Waals surface area contributed by atoms with Crippen molar-refractivity contribution in [3.8, 4) is 0 Å². The van der Waals surface area contributed by atoms with E-state index in [2.05, 4.69) is 5.32 Å². The van der Waals surface area contributed by atoms with Crippen LogP contribution in [0.1, 0.15) is 38.2 Å². The Bertz CT molecular complexity index is 741. The molecule has 1 N–H and O–H groups in total. The van der Waals surface area contributed by atoms with Crippen LogP contribution in [0.25, 0.3) is 0 Å². The van der Waals surface area contributed by atoms with Crippen molar-refractivity contribution >= 4 is 23.4 Å². The fraction of sp³-hybridized carbons (Fsp3) is 0.609. The fourth-order valence-electron chi connectivity index (χ4n) is 4.14. The molecule has 0 radical (unpaired) electrons. The van der Waals surface area contributed by atoms with E-state index in [1.54, 1.807) is 4.90 Å². The summed E-state index contributed by atoms with van der Waals surface area (Å²) in [4.78, 5) is 41.3. The Hall–Kier alpha value is -2.41. The van der Waals surface area contributed by atoms with Crippen LogP contribution < -0.4 is 10.2 Å². The molecular formula is C23H33N3O4. The van der Waals surface area contributed by atoms with Crippen molar-refractivity contribution in [2.45, 2.75) is 39.5 Å². The molecule has 2 aliphatic rings. The highest BCUT2D eigenvalue weighted by Gasteiger charge is 2.38. The lowest BCUT2D eigenvalue weighted by molar-refractivity contribution is -0.139. The minimum atomic E-state index is -0.303. The number of rotatable bonds is 8. The van der Waals surface area contributed by atoms with Crippen molar-refractivity contribution in [2.75, 3.05) is 44.3 Å². The Morgan fingerprint density at radius 3 is 2.50 bits per heavy atom. The Morgan fingerprint density at radius 2 is 1.83 bits per heavy atom. The molecule has 0 unspecified atom stereocenters. The summed E-state index contributed by atoms with van der Waals surface area (Å²) in [6, 6.07) is 7.81. The van der Waals surface area contributed by atoms with E-state index in [-0.39, 0.29) is 36.0 Å². The van der Waals surface area contributed by atoms with Gasteiger partial charge in [-0.2, -0.15) is 0 Å². The van der Waals surface area contributed by atoms with Crippen LogP contribution in [0.2, 0.25) is 0 Å². The Labute approximate surface area is 178 Å². The molecule has 30 heavy (non-hydrogen) atoms. The average molecular weight is 416 g/mol. The standard InChI is InChI=1S/C23H33N3O4/c1-3-30-14-4-11-24-22(28)18-9-12-25(13-10-18)23(29)19-15-21(27)26(16-19)20-7-5-17(2)6-8-20/h5-8,18-19H,3-4,9-16H2,1-2H3,(H,24,28)/t19-/m0/s1. The van der Waals surface area contributed by atoms with Crippen molar-refractivity contribution in [2.24, 2.45) is 11.8 Å². The highest BCUT2D eigenvalue weighted by atomic mass is 16.5. The third-order valence-corrected chi connectivity index (χ3v) is 5.97. The molecule has 0 bridgehead atoms. The molecule has 7 heteroatoms. The maximum absolute atomic E-state index is 13.0. The van der Waals surface area contributed by atoms with Crippen LogP contribution in [0.3, 0.4) is 0 Å². The predicted octanol–water partition coefficient (Wildman–Crippen LogP) is 2.13. The molecule has 2 heterocycles. The third kappa shape index (κ3) is 5.59. The van der Waals surface area contributed by atoms with Gasteiger partial charge in [0.05, 0.1) is 5.92 Å². The molecule has 1 atom stereocenters. The first-order chi connectivity index (χ1) is 14.5. The first-order valence-corrected chi connectivity index (χ1v) is 11.0. The van der Waals surface area contributed by atoms with Crippen LogP contribution in [-0.4, -0.2) is 62.0 Å². The van der Waals surface area contributed by atoms with Gasteiger partial charge in [-0.1, -0.05) is 17.7 Å². The number of carbonyl (C=O) groups excluding carboxylic acids is 3. The minimum Gasteiger partial charge on any atom is -0.382 e. The SMILES string of the molecule is CCOCCCNC(=O)C1CCN(C(=O)[C@H]2CC(=O)N(c3ccc(C)cc3)C2)CC1. The van der Waals surface area contributed by atoms with Crippen molar-refractivity contribution in [3.05, 3.63) is 29.8 Å². The van der Waals surface area contributed by atoms with E-state index in [4.69, 9.17) is 4.74 Å². The number of nitrogens with zero attached hydrogens (tertiary/aromatic N) is 2. The maximum Gasteiger partial charge on any atom is 0.228 e. The number of ether oxygens (including phenoxy) is 1. The van der Waals surface area contributed by atoms with E-state index in [9.17, 15) is 14.4 Å². The molecule has 2 fully saturated rings. The quantitative estimate of drug-likeness (QED) is 0.660. The van der Waals surface area contributed by atoms with E-state index < -0.39 is 0 Å². The molecule has 0 aliphatic carbocycles. The van der Waals surface area contributed by atoms with Crippen molar-refractivity contribution in [1.29, 1.82) is 0 Å². The second kappa shape index (κ2) is 10.6. The van der Waals surface area contributed by atoms with Crippen molar-refractivity contribution < 1.29 is 19.1 Å². The third-order valence-electron chi connectivity index (χ3n) is 5.97. The second-order valence-electron chi connectivity index (χ2n) is 8.18. The summed E-state index contributed by atoms with van der Waals surface area (Å²) in [6.07, 6.45) is 2.41. The number of anilines is 1. The Kier molecular flexibility index (Phi) is 7.85. The van der Waals surface area contributed by atoms with Crippen LogP contribution in [0, 0.1) is 18.8 Å². The number of likely N-dealkylation sites (tertiary alicyclic amines) is 1. The van der Waals surface area contributed by atoms with Gasteiger partial charge in [-0.15, -0.1) is 0 Å². The summed E-state index contributed by atoms with van der Waals surface area (Å²) in [5.74, 6) is -0.245. The molecule has 7 nitrogen and oxygen atoms in total. The first-order valence-electron chi connectivity index (χ1n) is 11.0. The van der Waals surface area contributed by atoms with Gasteiger partial charge in [0.15, 0.2) is 0 Å². The Morgan fingerprint density at radius 1 is 1.13 bits per heavy atom. The van der Waals surface area contributed by atoms with Gasteiger partial charge in [0.25, 0.3) is 0 Å². The fourth-order valence-corrected chi connectivity index (χ4v) is 4.14. The number of nitrogens with one attached hydrogen (secondary N) is 1. The molecule has 164 valence electrons. The molecule has 0 saturated carbocycles. The summed E-state index contributed by atoms with van der Waals surface area (Å²) in [5.41, 5.74) is 1.99. The van der Waals surface area contributed by atoms with Gasteiger partial charge in [-0.25, -0.2) is 0 Å². The van der Waals surface area contributed by atoms with Crippen LogP contribution >= 0.6 is 0 Å². The zero-order valence-corrected chi connectivity index (χ0v) is 18.1. The van der Waals surface area contributed by atoms with Gasteiger partial charge in [-0.05, 0) is 45.2 Å². The summed E-state index contributed by atoms with van der Waals surface area (Å²) < 4.78 is 5.28. The zero-order chi connectivity index (χ0) is 21.5. The number of hydrogen-bond donors (Lipinski definition) is 1. The van der Waals surface area contributed by atoms with Gasteiger partial charge in [-0.3, -0.25) is 14.4 Å². The van der Waals surface area contributed by atoms with E-state index in [1.165, 1.54) is 0 Å². The van der Waals surface area contributed by atoms with E-state index in [0.717, 1.165) is 17.7 Å². The molecular weight excluding hydrogens is 382 g/mol. The van der Waals surface area contributed by atoms with Crippen LogP contribution in [-0.2, 0) is 19.1 Å². The smallest absolute Gasteiger partial charge is 0.228 e. The van der Waals surface area contributed by atoms with Gasteiger partial charge in [0, 0.05) is 57.4 Å². The molecule has 3 amide bonds. The summed E-state index contributed by atoms with van der Waals surface area (Å²) in [6.45, 7) is 7.51. The van der Waals surface area contributed by atoms with E-state index in [1.807, 2.05) is 43.0 Å². The molecule has 2 saturated heterocycles. The molecule has 3 rings (SSSR count). The van der Waals surface area contributed by atoms with Crippen LogP contribution in [0.15, 0.2) is 24.3 Å². The van der Waals surface area contributed by atoms with Gasteiger partial charge >= 0.3 is 0 Å². The largest absolute Gasteiger partial charge is 0.382 e. The average Bonchev–Trinajstić information content (AvgIpc) is 3.15. The molecule has 0 spiro atoms. The zero-order valence-electron chi connectivity index (χ0n) is 18.1. The lowest BCUT2D eigenvalue weighted by atomic mass is 9.94. The number of hydrogen-bond acceptors (Lipinski definition) is 4. The van der Waals surface area contributed by atoms with Gasteiger partial charge in [0.2, 0.25) is 17.7 Å². The normalized spacial score (nSPS) is 19.9. The van der Waals surface area contributed by atoms with Crippen molar-refractivity contribution in [1.82, 2.24) is 10.2 Å². The highest BCUT2D eigenvalue weighted by molar-refractivity contribution is 6.00. The lowest BCUT2D eigenvalue weighted by Gasteiger charge is -2.33. The number of benzene rings is 1. The number of aryl methyl sites for hydroxylation is 1. The summed E-state index contributed by atoms with van der Waals surface area (Å²) in [7, 11) is 0. The van der Waals surface area contributed by atoms with E-state index in [0.29, 0.717) is 52.2 Å². The second-order valence-corrected chi connectivity index (χ2v) is 8.18. The number of carbonyl (C=O) groups is 3. The molecule has 0 aromatic heterocycles. The Balaban J connectivity index is 1.44. The molecule has 2 aliphatic heterocycles. The van der Waals surface area contributed by atoms with Gasteiger partial charge in [0.1, 0.15) is 0 Å². The van der Waals surface area contributed by atoms with Gasteiger partial charge < -0.3 is 19.9 Å². The maximum atomic E-state index is 13.0. The number of amides is 3.